The van der Waals surface area contributed by atoms with Crippen molar-refractivity contribution in [1.29, 1.82) is 0 Å². The standard InChI is InChI=1S/C11H13N3O2S/c1-2-3-9-11(17)12-13-14(9)8-5-4-7(15)6-10(8)16/h4-6,15-17H,2-3H2,1H3. The van der Waals surface area contributed by atoms with Gasteiger partial charge in [-0.15, -0.1) is 17.7 Å². The first-order chi connectivity index (χ1) is 8.13. The van der Waals surface area contributed by atoms with E-state index in [9.17, 15) is 10.2 Å². The Hall–Kier alpha value is -1.69. The van der Waals surface area contributed by atoms with E-state index < -0.39 is 0 Å². The largest absolute Gasteiger partial charge is 0.508 e. The normalized spacial score (nSPS) is 10.7. The molecular weight excluding hydrogens is 238 g/mol. The molecule has 0 unspecified atom stereocenters. The lowest BCUT2D eigenvalue weighted by Gasteiger charge is -2.08. The molecule has 1 aromatic carbocycles. The Morgan fingerprint density at radius 2 is 2.12 bits per heavy atom. The summed E-state index contributed by atoms with van der Waals surface area (Å²) in [4.78, 5) is 0. The highest BCUT2D eigenvalue weighted by Gasteiger charge is 2.13. The van der Waals surface area contributed by atoms with Crippen LogP contribution in [0, 0.1) is 0 Å². The van der Waals surface area contributed by atoms with Crippen LogP contribution in [0.3, 0.4) is 0 Å². The molecule has 0 saturated heterocycles. The molecule has 0 aliphatic heterocycles. The Labute approximate surface area is 104 Å². The molecule has 0 spiro atoms. The third kappa shape index (κ3) is 2.21. The van der Waals surface area contributed by atoms with Crippen molar-refractivity contribution in [3.63, 3.8) is 0 Å². The number of thiol groups is 1. The zero-order chi connectivity index (χ0) is 12.4. The van der Waals surface area contributed by atoms with Crippen molar-refractivity contribution in [2.45, 2.75) is 24.8 Å². The molecule has 90 valence electrons. The second-order valence-electron chi connectivity index (χ2n) is 3.69. The maximum Gasteiger partial charge on any atom is 0.145 e. The van der Waals surface area contributed by atoms with Gasteiger partial charge in [-0.2, -0.15) is 0 Å². The fourth-order valence-corrected chi connectivity index (χ4v) is 1.88. The van der Waals surface area contributed by atoms with E-state index in [-0.39, 0.29) is 11.5 Å². The lowest BCUT2D eigenvalue weighted by Crippen LogP contribution is -2.02. The van der Waals surface area contributed by atoms with Gasteiger partial charge in [0, 0.05) is 6.07 Å². The number of hydrogen-bond acceptors (Lipinski definition) is 5. The highest BCUT2D eigenvalue weighted by Crippen LogP contribution is 2.27. The van der Waals surface area contributed by atoms with Crippen molar-refractivity contribution >= 4 is 12.6 Å². The van der Waals surface area contributed by atoms with Gasteiger partial charge >= 0.3 is 0 Å². The molecule has 0 fully saturated rings. The molecule has 2 aromatic rings. The SMILES string of the molecule is CCCc1c(S)nnn1-c1ccc(O)cc1O. The molecule has 2 rings (SSSR count). The number of rotatable bonds is 3. The number of hydrogen-bond donors (Lipinski definition) is 3. The lowest BCUT2D eigenvalue weighted by atomic mass is 10.2. The van der Waals surface area contributed by atoms with Crippen LogP contribution in [0.4, 0.5) is 0 Å². The zero-order valence-corrected chi connectivity index (χ0v) is 10.2. The molecule has 0 aliphatic carbocycles. The predicted octanol–water partition coefficient (Wildman–Crippen LogP) is 1.92. The summed E-state index contributed by atoms with van der Waals surface area (Å²) in [6.07, 6.45) is 1.70. The molecule has 5 nitrogen and oxygen atoms in total. The van der Waals surface area contributed by atoms with Crippen molar-refractivity contribution in [2.75, 3.05) is 0 Å². The number of phenols is 2. The first kappa shape index (κ1) is 11.8. The quantitative estimate of drug-likeness (QED) is 0.729. The van der Waals surface area contributed by atoms with Gasteiger partial charge in [0.25, 0.3) is 0 Å². The van der Waals surface area contributed by atoms with Gasteiger partial charge in [0.05, 0.1) is 5.69 Å². The molecule has 1 heterocycles. The number of aromatic nitrogens is 3. The Morgan fingerprint density at radius 3 is 2.76 bits per heavy atom. The molecule has 6 heteroatoms. The van der Waals surface area contributed by atoms with Crippen LogP contribution in [0.2, 0.25) is 0 Å². The maximum absolute atomic E-state index is 9.77. The second kappa shape index (κ2) is 4.67. The molecule has 0 radical (unpaired) electrons. The van der Waals surface area contributed by atoms with Crippen molar-refractivity contribution < 1.29 is 10.2 Å². The maximum atomic E-state index is 9.77. The Balaban J connectivity index is 2.52. The number of aromatic hydroxyl groups is 2. The molecule has 17 heavy (non-hydrogen) atoms. The van der Waals surface area contributed by atoms with Crippen molar-refractivity contribution in [3.8, 4) is 17.2 Å². The van der Waals surface area contributed by atoms with E-state index in [4.69, 9.17) is 0 Å². The average Bonchev–Trinajstić information content (AvgIpc) is 2.62. The topological polar surface area (TPSA) is 71.2 Å². The number of phenolic OH excluding ortho intramolecular Hbond substituents is 2. The summed E-state index contributed by atoms with van der Waals surface area (Å²) in [5.41, 5.74) is 1.33. The van der Waals surface area contributed by atoms with Crippen LogP contribution in [0.15, 0.2) is 23.2 Å². The van der Waals surface area contributed by atoms with Crippen LogP contribution < -0.4 is 0 Å². The second-order valence-corrected chi connectivity index (χ2v) is 4.12. The van der Waals surface area contributed by atoms with E-state index >= 15 is 0 Å². The molecule has 0 atom stereocenters. The fourth-order valence-electron chi connectivity index (χ4n) is 1.63. The summed E-state index contributed by atoms with van der Waals surface area (Å²) in [6, 6.07) is 4.35. The van der Waals surface area contributed by atoms with E-state index in [1.165, 1.54) is 12.1 Å². The molecule has 0 aliphatic rings. The number of nitrogens with zero attached hydrogens (tertiary/aromatic N) is 3. The lowest BCUT2D eigenvalue weighted by molar-refractivity contribution is 0.446. The van der Waals surface area contributed by atoms with E-state index in [0.717, 1.165) is 18.5 Å². The Kier molecular flexibility index (Phi) is 3.23. The summed E-state index contributed by atoms with van der Waals surface area (Å²) in [6.45, 7) is 2.04. The van der Waals surface area contributed by atoms with E-state index in [1.54, 1.807) is 10.7 Å². The van der Waals surface area contributed by atoms with Crippen molar-refractivity contribution in [3.05, 3.63) is 23.9 Å². The van der Waals surface area contributed by atoms with Gasteiger partial charge in [0.2, 0.25) is 0 Å². The molecular formula is C11H13N3O2S. The predicted molar refractivity (Wildman–Crippen MR) is 65.9 cm³/mol. The minimum atomic E-state index is -0.0411. The van der Waals surface area contributed by atoms with Gasteiger partial charge in [-0.1, -0.05) is 18.6 Å². The number of benzene rings is 1. The summed E-state index contributed by atoms with van der Waals surface area (Å²) in [5, 5.41) is 27.4. The minimum Gasteiger partial charge on any atom is -0.508 e. The summed E-state index contributed by atoms with van der Waals surface area (Å²) in [5.74, 6) is -0.0323. The molecule has 0 bridgehead atoms. The minimum absolute atomic E-state index is 0.00880. The van der Waals surface area contributed by atoms with Gasteiger partial charge in [-0.05, 0) is 18.6 Å². The van der Waals surface area contributed by atoms with E-state index in [0.29, 0.717) is 10.7 Å². The van der Waals surface area contributed by atoms with Gasteiger partial charge in [-0.3, -0.25) is 0 Å². The van der Waals surface area contributed by atoms with Gasteiger partial charge < -0.3 is 10.2 Å². The third-order valence-electron chi connectivity index (χ3n) is 2.42. The summed E-state index contributed by atoms with van der Waals surface area (Å²) >= 11 is 4.23. The average molecular weight is 251 g/mol. The third-order valence-corrected chi connectivity index (χ3v) is 2.76. The highest BCUT2D eigenvalue weighted by molar-refractivity contribution is 7.80. The molecule has 1 aromatic heterocycles. The van der Waals surface area contributed by atoms with Crippen LogP contribution in [0.25, 0.3) is 5.69 Å². The Bertz CT molecular complexity index is 540. The van der Waals surface area contributed by atoms with Crippen LogP contribution in [-0.2, 0) is 6.42 Å². The zero-order valence-electron chi connectivity index (χ0n) is 9.33. The smallest absolute Gasteiger partial charge is 0.145 e. The van der Waals surface area contributed by atoms with E-state index in [1.807, 2.05) is 6.92 Å². The van der Waals surface area contributed by atoms with Gasteiger partial charge in [0.1, 0.15) is 22.2 Å². The van der Waals surface area contributed by atoms with E-state index in [2.05, 4.69) is 22.9 Å². The first-order valence-electron chi connectivity index (χ1n) is 5.29. The van der Waals surface area contributed by atoms with Gasteiger partial charge in [0.15, 0.2) is 0 Å². The van der Waals surface area contributed by atoms with Crippen molar-refractivity contribution in [2.24, 2.45) is 0 Å². The van der Waals surface area contributed by atoms with Crippen LogP contribution >= 0.6 is 12.6 Å². The van der Waals surface area contributed by atoms with Crippen molar-refractivity contribution in [1.82, 2.24) is 15.0 Å². The van der Waals surface area contributed by atoms with Crippen LogP contribution in [0.5, 0.6) is 11.5 Å². The van der Waals surface area contributed by atoms with Gasteiger partial charge in [-0.25, -0.2) is 4.68 Å². The molecule has 0 saturated carbocycles. The first-order valence-corrected chi connectivity index (χ1v) is 5.74. The van der Waals surface area contributed by atoms with Crippen LogP contribution in [0.1, 0.15) is 19.0 Å². The molecule has 2 N–H and O–H groups in total. The highest BCUT2D eigenvalue weighted by atomic mass is 32.1. The Morgan fingerprint density at radius 1 is 1.35 bits per heavy atom. The summed E-state index contributed by atoms with van der Waals surface area (Å²) in [7, 11) is 0. The fraction of sp³-hybridized carbons (Fsp3) is 0.273. The molecule has 0 amide bonds. The van der Waals surface area contributed by atoms with Crippen LogP contribution in [-0.4, -0.2) is 25.2 Å². The monoisotopic (exact) mass is 251 g/mol. The summed E-state index contributed by atoms with van der Waals surface area (Å²) < 4.78 is 1.54.